The molecular weight excluding hydrogens is 326 g/mol. The third-order valence-corrected chi connectivity index (χ3v) is 5.60. The van der Waals surface area contributed by atoms with E-state index in [-0.39, 0.29) is 29.8 Å². The molecule has 4 rings (SSSR count). The number of aliphatic carboxylic acids is 1. The van der Waals surface area contributed by atoms with Crippen molar-refractivity contribution < 1.29 is 37.7 Å². The van der Waals surface area contributed by atoms with Gasteiger partial charge >= 0.3 is 17.9 Å². The predicted octanol–water partition coefficient (Wildman–Crippen LogP) is 0.673. The van der Waals surface area contributed by atoms with E-state index < -0.39 is 29.9 Å². The summed E-state index contributed by atoms with van der Waals surface area (Å²) in [5.74, 6) is -7.57. The summed E-state index contributed by atoms with van der Waals surface area (Å²) in [4.78, 5) is 34.0. The van der Waals surface area contributed by atoms with Crippen LogP contribution >= 0.6 is 0 Å². The van der Waals surface area contributed by atoms with E-state index in [0.29, 0.717) is 19.3 Å². The second-order valence-electron chi connectivity index (χ2n) is 7.39. The Bertz CT molecular complexity index is 559. The van der Waals surface area contributed by atoms with E-state index in [2.05, 4.69) is 4.74 Å². The lowest BCUT2D eigenvalue weighted by Gasteiger charge is -2.57. The lowest BCUT2D eigenvalue weighted by Crippen LogP contribution is -2.58. The van der Waals surface area contributed by atoms with E-state index >= 15 is 0 Å². The van der Waals surface area contributed by atoms with Crippen LogP contribution in [0.3, 0.4) is 0 Å². The molecule has 4 bridgehead atoms. The normalized spacial score (nSPS) is 37.1. The topological polar surface area (TPSA) is 92.7 Å². The first-order valence-electron chi connectivity index (χ1n) is 8.07. The largest absolute Gasteiger partial charge is 0.544 e. The van der Waals surface area contributed by atoms with Crippen molar-refractivity contribution in [3.63, 3.8) is 0 Å². The molecule has 0 spiro atoms. The Morgan fingerprint density at radius 2 is 1.75 bits per heavy atom. The Labute approximate surface area is 137 Å². The standard InChI is InChI=1S/C16H20F2O6/c1-8(19)24-12-10-2-9-3-11(12)6-15(4-9,5-10)14(22)23-7-16(17,18)13(20)21/h9-12H,2-7H2,1H3,(H,20,21)/p-1. The maximum Gasteiger partial charge on any atom is 0.320 e. The van der Waals surface area contributed by atoms with Gasteiger partial charge in [0.05, 0.1) is 5.41 Å². The first kappa shape index (κ1) is 17.1. The third-order valence-electron chi connectivity index (χ3n) is 5.60. The Morgan fingerprint density at radius 3 is 2.25 bits per heavy atom. The molecule has 0 aromatic carbocycles. The van der Waals surface area contributed by atoms with E-state index in [4.69, 9.17) is 4.74 Å². The van der Waals surface area contributed by atoms with Gasteiger partial charge in [-0.25, -0.2) is 0 Å². The zero-order chi connectivity index (χ0) is 17.7. The van der Waals surface area contributed by atoms with Gasteiger partial charge in [-0.2, -0.15) is 8.78 Å². The second-order valence-corrected chi connectivity index (χ2v) is 7.39. The van der Waals surface area contributed by atoms with Crippen LogP contribution in [0, 0.1) is 23.2 Å². The molecule has 0 saturated heterocycles. The number of carbonyl (C=O) groups is 3. The summed E-state index contributed by atoms with van der Waals surface area (Å²) in [5.41, 5.74) is -0.866. The first-order chi connectivity index (χ1) is 11.1. The number of carboxylic acid groups (broad SMARTS) is 1. The molecule has 0 aromatic rings. The van der Waals surface area contributed by atoms with Crippen LogP contribution < -0.4 is 5.11 Å². The second kappa shape index (κ2) is 5.67. The van der Waals surface area contributed by atoms with Crippen LogP contribution in [0.15, 0.2) is 0 Å². The minimum Gasteiger partial charge on any atom is -0.544 e. The van der Waals surface area contributed by atoms with Crippen molar-refractivity contribution in [2.45, 2.75) is 51.1 Å². The molecule has 8 heteroatoms. The molecule has 0 aromatic heterocycles. The molecule has 0 N–H and O–H groups in total. The van der Waals surface area contributed by atoms with E-state index in [0.717, 1.165) is 12.8 Å². The molecule has 0 aliphatic heterocycles. The van der Waals surface area contributed by atoms with Crippen molar-refractivity contribution in [1.82, 2.24) is 0 Å². The lowest BCUT2D eigenvalue weighted by atomic mass is 9.48. The molecule has 24 heavy (non-hydrogen) atoms. The maximum atomic E-state index is 13.1. The van der Waals surface area contributed by atoms with E-state index in [1.807, 2.05) is 0 Å². The van der Waals surface area contributed by atoms with Crippen molar-refractivity contribution in [2.75, 3.05) is 6.61 Å². The zero-order valence-electron chi connectivity index (χ0n) is 13.3. The molecule has 4 aliphatic rings. The van der Waals surface area contributed by atoms with Gasteiger partial charge in [0, 0.05) is 6.92 Å². The van der Waals surface area contributed by atoms with Crippen LogP contribution in [0.4, 0.5) is 8.78 Å². The average Bonchev–Trinajstić information content (AvgIpc) is 2.47. The monoisotopic (exact) mass is 345 g/mol. The quantitative estimate of drug-likeness (QED) is 0.680. The fraction of sp³-hybridized carbons (Fsp3) is 0.812. The van der Waals surface area contributed by atoms with Crippen LogP contribution in [0.25, 0.3) is 0 Å². The highest BCUT2D eigenvalue weighted by molar-refractivity contribution is 5.79. The van der Waals surface area contributed by atoms with Crippen LogP contribution in [0.2, 0.25) is 0 Å². The molecule has 2 unspecified atom stereocenters. The van der Waals surface area contributed by atoms with Crippen LogP contribution in [0.5, 0.6) is 0 Å². The zero-order valence-corrected chi connectivity index (χ0v) is 13.3. The summed E-state index contributed by atoms with van der Waals surface area (Å²) in [5, 5.41) is 10.3. The Morgan fingerprint density at radius 1 is 1.17 bits per heavy atom. The summed E-state index contributed by atoms with van der Waals surface area (Å²) in [6, 6.07) is 0. The van der Waals surface area contributed by atoms with Crippen molar-refractivity contribution in [2.24, 2.45) is 23.2 Å². The van der Waals surface area contributed by atoms with Gasteiger partial charge in [0.2, 0.25) is 0 Å². The molecule has 0 radical (unpaired) electrons. The first-order valence-corrected chi connectivity index (χ1v) is 8.07. The summed E-state index contributed by atoms with van der Waals surface area (Å²) >= 11 is 0. The molecule has 4 aliphatic carbocycles. The van der Waals surface area contributed by atoms with Gasteiger partial charge in [0.25, 0.3) is 0 Å². The summed E-state index contributed by atoms with van der Waals surface area (Å²) < 4.78 is 36.2. The smallest absolute Gasteiger partial charge is 0.320 e. The van der Waals surface area contributed by atoms with Gasteiger partial charge in [-0.05, 0) is 49.9 Å². The minimum atomic E-state index is -4.20. The summed E-state index contributed by atoms with van der Waals surface area (Å²) in [6.45, 7) is -0.166. The number of hydrogen-bond donors (Lipinski definition) is 0. The molecule has 0 heterocycles. The van der Waals surface area contributed by atoms with Crippen LogP contribution in [-0.4, -0.2) is 36.5 Å². The van der Waals surface area contributed by atoms with Gasteiger partial charge < -0.3 is 19.4 Å². The van der Waals surface area contributed by atoms with Gasteiger partial charge in [0.1, 0.15) is 12.1 Å². The highest BCUT2D eigenvalue weighted by atomic mass is 19.3. The molecule has 4 saturated carbocycles. The number of hydrogen-bond acceptors (Lipinski definition) is 6. The summed E-state index contributed by atoms with van der Waals surface area (Å²) in [7, 11) is 0. The van der Waals surface area contributed by atoms with Crippen LogP contribution in [0.1, 0.15) is 39.0 Å². The van der Waals surface area contributed by atoms with Gasteiger partial charge in [-0.1, -0.05) is 0 Å². The van der Waals surface area contributed by atoms with E-state index in [1.165, 1.54) is 6.92 Å². The average molecular weight is 345 g/mol. The highest BCUT2D eigenvalue weighted by Crippen LogP contribution is 2.61. The Balaban J connectivity index is 1.70. The van der Waals surface area contributed by atoms with E-state index in [1.54, 1.807) is 0 Å². The predicted molar refractivity (Wildman–Crippen MR) is 72.5 cm³/mol. The number of rotatable bonds is 5. The summed E-state index contributed by atoms with van der Waals surface area (Å²) in [6.07, 6.45) is 2.87. The van der Waals surface area contributed by atoms with E-state index in [9.17, 15) is 28.3 Å². The Hall–Kier alpha value is -1.73. The molecule has 2 atom stereocenters. The molecule has 134 valence electrons. The SMILES string of the molecule is CC(=O)OC1C2CC3CC1CC(C(=O)OCC(F)(F)C(=O)[O-])(C3)C2. The van der Waals surface area contributed by atoms with Crippen molar-refractivity contribution in [3.8, 4) is 0 Å². The number of esters is 2. The molecule has 6 nitrogen and oxygen atoms in total. The number of carboxylic acids is 1. The van der Waals surface area contributed by atoms with Crippen molar-refractivity contribution in [3.05, 3.63) is 0 Å². The Kier molecular flexibility index (Phi) is 4.04. The third kappa shape index (κ3) is 2.86. The number of alkyl halides is 2. The van der Waals surface area contributed by atoms with Gasteiger partial charge in [-0.3, -0.25) is 9.59 Å². The molecule has 0 amide bonds. The van der Waals surface area contributed by atoms with Crippen LogP contribution in [-0.2, 0) is 23.9 Å². The fourth-order valence-electron chi connectivity index (χ4n) is 4.98. The minimum absolute atomic E-state index is 0.0225. The lowest BCUT2D eigenvalue weighted by molar-refractivity contribution is -0.331. The fourth-order valence-corrected chi connectivity index (χ4v) is 4.98. The number of halogens is 2. The maximum absolute atomic E-state index is 13.1. The van der Waals surface area contributed by atoms with Gasteiger partial charge in [-0.15, -0.1) is 0 Å². The van der Waals surface area contributed by atoms with Crippen molar-refractivity contribution in [1.29, 1.82) is 0 Å². The number of ether oxygens (including phenoxy) is 2. The molecular formula is C16H19F2O6-. The molecule has 4 fully saturated rings. The van der Waals surface area contributed by atoms with Crippen molar-refractivity contribution >= 4 is 17.9 Å². The number of carbonyl (C=O) groups excluding carboxylic acids is 3. The highest BCUT2D eigenvalue weighted by Gasteiger charge is 2.60. The van der Waals surface area contributed by atoms with Gasteiger partial charge in [0.15, 0.2) is 6.61 Å².